The summed E-state index contributed by atoms with van der Waals surface area (Å²) in [5.41, 5.74) is 3.44. The van der Waals surface area contributed by atoms with Crippen molar-refractivity contribution in [2.45, 2.75) is 5.54 Å². The second-order valence-electron chi connectivity index (χ2n) is 6.57. The zero-order valence-corrected chi connectivity index (χ0v) is 16.9. The SMILES string of the molecule is CN1CN(C(c2ccccc2)(c2ccccc2)c2ccccc2)C=C1I. The van der Waals surface area contributed by atoms with Gasteiger partial charge in [-0.05, 0) is 39.3 Å². The predicted octanol–water partition coefficient (Wildman–Crippen LogP) is 5.42. The molecular weight excluding hydrogens is 431 g/mol. The molecule has 3 heteroatoms. The Morgan fingerprint density at radius 3 is 1.38 bits per heavy atom. The van der Waals surface area contributed by atoms with E-state index in [1.807, 2.05) is 0 Å². The zero-order valence-electron chi connectivity index (χ0n) is 14.7. The molecule has 0 aromatic heterocycles. The highest BCUT2D eigenvalue weighted by Gasteiger charge is 2.43. The van der Waals surface area contributed by atoms with Crippen molar-refractivity contribution in [2.24, 2.45) is 0 Å². The van der Waals surface area contributed by atoms with E-state index in [-0.39, 0.29) is 5.54 Å². The molecule has 0 fully saturated rings. The maximum atomic E-state index is 2.45. The maximum Gasteiger partial charge on any atom is 0.117 e. The second-order valence-corrected chi connectivity index (χ2v) is 7.67. The van der Waals surface area contributed by atoms with Crippen LogP contribution >= 0.6 is 22.6 Å². The maximum absolute atomic E-state index is 2.45. The van der Waals surface area contributed by atoms with Gasteiger partial charge < -0.3 is 9.80 Å². The van der Waals surface area contributed by atoms with E-state index in [4.69, 9.17) is 0 Å². The van der Waals surface area contributed by atoms with Gasteiger partial charge in [-0.2, -0.15) is 0 Å². The molecule has 0 unspecified atom stereocenters. The topological polar surface area (TPSA) is 6.48 Å². The Kier molecular flexibility index (Phi) is 4.72. The molecule has 1 aliphatic heterocycles. The standard InChI is InChI=1S/C23H21IN2/c1-25-18-26(17-22(25)24)23(19-11-5-2-6-12-19,20-13-7-3-8-14-20)21-15-9-4-10-16-21/h2-17H,18H2,1H3. The second kappa shape index (κ2) is 7.16. The average molecular weight is 452 g/mol. The first-order valence-corrected chi connectivity index (χ1v) is 9.82. The van der Waals surface area contributed by atoms with Crippen molar-refractivity contribution >= 4 is 22.6 Å². The molecule has 26 heavy (non-hydrogen) atoms. The minimum Gasteiger partial charge on any atom is -0.351 e. The summed E-state index contributed by atoms with van der Waals surface area (Å²) in [6.07, 6.45) is 2.27. The van der Waals surface area contributed by atoms with Crippen LogP contribution in [0.25, 0.3) is 0 Å². The van der Waals surface area contributed by atoms with Crippen LogP contribution < -0.4 is 0 Å². The van der Waals surface area contributed by atoms with Crippen molar-refractivity contribution < 1.29 is 0 Å². The van der Waals surface area contributed by atoms with Crippen LogP contribution in [0.1, 0.15) is 16.7 Å². The molecule has 0 atom stereocenters. The number of nitrogens with zero attached hydrogens (tertiary/aromatic N) is 2. The van der Waals surface area contributed by atoms with Crippen molar-refractivity contribution in [1.29, 1.82) is 0 Å². The van der Waals surface area contributed by atoms with E-state index in [2.05, 4.69) is 137 Å². The molecule has 1 aliphatic rings. The first-order valence-electron chi connectivity index (χ1n) is 8.74. The lowest BCUT2D eigenvalue weighted by molar-refractivity contribution is 0.194. The molecule has 130 valence electrons. The molecule has 0 spiro atoms. The number of hydrogen-bond acceptors (Lipinski definition) is 2. The lowest BCUT2D eigenvalue weighted by atomic mass is 9.76. The largest absolute Gasteiger partial charge is 0.351 e. The summed E-state index contributed by atoms with van der Waals surface area (Å²) in [4.78, 5) is 4.74. The van der Waals surface area contributed by atoms with Gasteiger partial charge in [0.2, 0.25) is 0 Å². The van der Waals surface area contributed by atoms with Gasteiger partial charge in [0.15, 0.2) is 0 Å². The quantitative estimate of drug-likeness (QED) is 0.297. The lowest BCUT2D eigenvalue weighted by Crippen LogP contribution is -2.46. The van der Waals surface area contributed by atoms with Crippen molar-refractivity contribution in [3.8, 4) is 0 Å². The van der Waals surface area contributed by atoms with Crippen LogP contribution in [-0.2, 0) is 5.54 Å². The summed E-state index contributed by atoms with van der Waals surface area (Å²) in [6, 6.07) is 32.4. The Hall–Kier alpha value is -2.27. The summed E-state index contributed by atoms with van der Waals surface area (Å²) in [6.45, 7) is 0.844. The summed E-state index contributed by atoms with van der Waals surface area (Å²) in [7, 11) is 2.14. The van der Waals surface area contributed by atoms with E-state index in [0.29, 0.717) is 0 Å². The molecule has 0 N–H and O–H groups in total. The minimum atomic E-state index is -0.370. The summed E-state index contributed by atoms with van der Waals surface area (Å²) < 4.78 is 1.25. The Labute approximate surface area is 168 Å². The summed E-state index contributed by atoms with van der Waals surface area (Å²) >= 11 is 2.42. The molecule has 4 rings (SSSR count). The van der Waals surface area contributed by atoms with E-state index in [1.165, 1.54) is 20.4 Å². The van der Waals surface area contributed by atoms with Gasteiger partial charge in [-0.3, -0.25) is 0 Å². The molecule has 3 aromatic rings. The number of rotatable bonds is 4. The summed E-state index contributed by atoms with van der Waals surface area (Å²) in [5, 5.41) is 0. The van der Waals surface area contributed by atoms with Crippen LogP contribution in [0.15, 0.2) is 101 Å². The fourth-order valence-corrected chi connectivity index (χ4v) is 4.29. The Morgan fingerprint density at radius 1 is 0.692 bits per heavy atom. The third-order valence-corrected chi connectivity index (χ3v) is 6.10. The number of benzene rings is 3. The molecule has 0 bridgehead atoms. The van der Waals surface area contributed by atoms with Crippen LogP contribution in [0.4, 0.5) is 0 Å². The average Bonchev–Trinajstić information content (AvgIpc) is 3.04. The Balaban J connectivity index is 2.05. The van der Waals surface area contributed by atoms with Crippen LogP contribution in [0, 0.1) is 0 Å². The minimum absolute atomic E-state index is 0.370. The molecular formula is C23H21IN2. The van der Waals surface area contributed by atoms with Crippen molar-refractivity contribution in [3.63, 3.8) is 0 Å². The predicted molar refractivity (Wildman–Crippen MR) is 116 cm³/mol. The van der Waals surface area contributed by atoms with Gasteiger partial charge in [0.05, 0.1) is 10.4 Å². The molecule has 0 saturated carbocycles. The van der Waals surface area contributed by atoms with Gasteiger partial charge in [-0.1, -0.05) is 91.0 Å². The van der Waals surface area contributed by atoms with Crippen LogP contribution in [0.2, 0.25) is 0 Å². The Morgan fingerprint density at radius 2 is 1.08 bits per heavy atom. The number of halogens is 1. The van der Waals surface area contributed by atoms with Crippen molar-refractivity contribution in [1.82, 2.24) is 9.80 Å². The van der Waals surface area contributed by atoms with Crippen LogP contribution in [0.5, 0.6) is 0 Å². The summed E-state index contributed by atoms with van der Waals surface area (Å²) in [5.74, 6) is 0. The molecule has 0 radical (unpaired) electrons. The smallest absolute Gasteiger partial charge is 0.117 e. The van der Waals surface area contributed by atoms with E-state index in [9.17, 15) is 0 Å². The highest BCUT2D eigenvalue weighted by Crippen LogP contribution is 2.44. The van der Waals surface area contributed by atoms with Crippen LogP contribution in [-0.4, -0.2) is 23.5 Å². The van der Waals surface area contributed by atoms with Gasteiger partial charge in [-0.25, -0.2) is 0 Å². The van der Waals surface area contributed by atoms with Gasteiger partial charge in [-0.15, -0.1) is 0 Å². The van der Waals surface area contributed by atoms with Crippen molar-refractivity contribution in [3.05, 3.63) is 118 Å². The molecule has 2 nitrogen and oxygen atoms in total. The van der Waals surface area contributed by atoms with E-state index in [1.54, 1.807) is 0 Å². The first-order chi connectivity index (χ1) is 12.7. The molecule has 0 aliphatic carbocycles. The van der Waals surface area contributed by atoms with E-state index < -0.39 is 0 Å². The van der Waals surface area contributed by atoms with Gasteiger partial charge in [0.25, 0.3) is 0 Å². The third-order valence-electron chi connectivity index (χ3n) is 5.00. The highest BCUT2D eigenvalue weighted by atomic mass is 127. The Bertz CT molecular complexity index is 795. The number of hydrogen-bond donors (Lipinski definition) is 0. The monoisotopic (exact) mass is 452 g/mol. The van der Waals surface area contributed by atoms with Crippen molar-refractivity contribution in [2.75, 3.05) is 13.7 Å². The molecule has 0 saturated heterocycles. The van der Waals surface area contributed by atoms with E-state index >= 15 is 0 Å². The van der Waals surface area contributed by atoms with E-state index in [0.717, 1.165) is 6.67 Å². The van der Waals surface area contributed by atoms with Crippen LogP contribution in [0.3, 0.4) is 0 Å². The highest BCUT2D eigenvalue weighted by molar-refractivity contribution is 14.1. The third kappa shape index (κ3) is 2.80. The normalized spacial score (nSPS) is 14.5. The fourth-order valence-electron chi connectivity index (χ4n) is 3.80. The van der Waals surface area contributed by atoms with Gasteiger partial charge in [0.1, 0.15) is 5.54 Å². The fraction of sp³-hybridized carbons (Fsp3) is 0.130. The molecule has 1 heterocycles. The lowest BCUT2D eigenvalue weighted by Gasteiger charge is -2.44. The van der Waals surface area contributed by atoms with Gasteiger partial charge in [0, 0.05) is 13.2 Å². The molecule has 3 aromatic carbocycles. The molecule has 0 amide bonds. The van der Waals surface area contributed by atoms with Gasteiger partial charge >= 0.3 is 0 Å². The first kappa shape index (κ1) is 17.2. The zero-order chi connectivity index (χ0) is 18.0.